The van der Waals surface area contributed by atoms with Gasteiger partial charge in [-0.2, -0.15) is 4.98 Å². The van der Waals surface area contributed by atoms with E-state index in [4.69, 9.17) is 26.6 Å². The standard InChI is InChI=1S/C33H38ClFN8O2/c1-9-25(44)41-15-20(7)42(16-19(41)6)30-22-14-23(34)28(21-12-10-11-13-24(21)35)37-31(22)43(33(45)40-30)29-26(17(2)3)38-32(36-8)39-27(29)18(4)5/h9-14,17-20H,1,15-16H2,2-8H3,(H,36,38,39)/t19-,20+/m1/s1. The van der Waals surface area contributed by atoms with Crippen molar-refractivity contribution in [3.8, 4) is 16.9 Å². The Morgan fingerprint density at radius 2 is 1.69 bits per heavy atom. The second-order valence-corrected chi connectivity index (χ2v) is 12.4. The molecule has 0 aliphatic carbocycles. The number of aromatic nitrogens is 5. The Morgan fingerprint density at radius 3 is 2.27 bits per heavy atom. The molecule has 1 aromatic carbocycles. The van der Waals surface area contributed by atoms with Crippen molar-refractivity contribution >= 4 is 40.3 Å². The normalized spacial score (nSPS) is 17.0. The van der Waals surface area contributed by atoms with Gasteiger partial charge in [0.2, 0.25) is 11.9 Å². The summed E-state index contributed by atoms with van der Waals surface area (Å²) in [7, 11) is 1.75. The third-order valence-corrected chi connectivity index (χ3v) is 8.41. The first-order valence-electron chi connectivity index (χ1n) is 15.1. The van der Waals surface area contributed by atoms with Crippen LogP contribution in [0.25, 0.3) is 28.0 Å². The summed E-state index contributed by atoms with van der Waals surface area (Å²) in [5, 5.41) is 3.74. The van der Waals surface area contributed by atoms with Crippen molar-refractivity contribution in [2.45, 2.75) is 65.5 Å². The van der Waals surface area contributed by atoms with Gasteiger partial charge in [-0.1, -0.05) is 58.0 Å². The molecule has 0 radical (unpaired) electrons. The minimum absolute atomic E-state index is 0.0936. The third-order valence-electron chi connectivity index (χ3n) is 8.13. The number of hydrogen-bond donors (Lipinski definition) is 1. The number of piperazine rings is 1. The van der Waals surface area contributed by atoms with E-state index in [9.17, 15) is 9.59 Å². The van der Waals surface area contributed by atoms with Crippen LogP contribution in [0.4, 0.5) is 16.2 Å². The largest absolute Gasteiger partial charge is 0.357 e. The monoisotopic (exact) mass is 632 g/mol. The Kier molecular flexibility index (Phi) is 8.93. The van der Waals surface area contributed by atoms with Crippen LogP contribution >= 0.6 is 11.6 Å². The Morgan fingerprint density at radius 1 is 1.04 bits per heavy atom. The van der Waals surface area contributed by atoms with Crippen LogP contribution in [0.5, 0.6) is 0 Å². The van der Waals surface area contributed by atoms with E-state index in [0.29, 0.717) is 47.3 Å². The van der Waals surface area contributed by atoms with E-state index in [1.807, 2.05) is 46.4 Å². The number of carbonyl (C=O) groups is 1. The molecule has 1 N–H and O–H groups in total. The van der Waals surface area contributed by atoms with Crippen LogP contribution in [0.1, 0.15) is 64.8 Å². The molecule has 2 atom stereocenters. The highest BCUT2D eigenvalue weighted by atomic mass is 35.5. The van der Waals surface area contributed by atoms with Gasteiger partial charge in [-0.25, -0.2) is 28.7 Å². The summed E-state index contributed by atoms with van der Waals surface area (Å²) in [6, 6.07) is 7.55. The summed E-state index contributed by atoms with van der Waals surface area (Å²) < 4.78 is 16.6. The zero-order valence-corrected chi connectivity index (χ0v) is 27.4. The van der Waals surface area contributed by atoms with Crippen molar-refractivity contribution in [3.05, 3.63) is 75.7 Å². The van der Waals surface area contributed by atoms with Crippen LogP contribution in [0, 0.1) is 5.82 Å². The molecule has 3 aromatic heterocycles. The maximum atomic E-state index is 15.1. The van der Waals surface area contributed by atoms with E-state index in [1.165, 1.54) is 16.7 Å². The summed E-state index contributed by atoms with van der Waals surface area (Å²) in [4.78, 5) is 49.7. The lowest BCUT2D eigenvalue weighted by Gasteiger charge is -2.44. The van der Waals surface area contributed by atoms with Gasteiger partial charge in [-0.3, -0.25) is 4.79 Å². The van der Waals surface area contributed by atoms with Gasteiger partial charge in [0.05, 0.1) is 33.2 Å². The molecule has 10 nitrogen and oxygen atoms in total. The van der Waals surface area contributed by atoms with Gasteiger partial charge in [0.1, 0.15) is 11.6 Å². The van der Waals surface area contributed by atoms with Crippen LogP contribution in [-0.2, 0) is 4.79 Å². The Bertz CT molecular complexity index is 1830. The fraction of sp³-hybridized carbons (Fsp3) is 0.394. The van der Waals surface area contributed by atoms with Gasteiger partial charge in [-0.15, -0.1) is 0 Å². The first kappa shape index (κ1) is 32.0. The molecule has 1 amide bonds. The lowest BCUT2D eigenvalue weighted by molar-refractivity contribution is -0.128. The molecular formula is C33H38ClFN8O2. The molecule has 45 heavy (non-hydrogen) atoms. The predicted molar refractivity (Wildman–Crippen MR) is 177 cm³/mol. The highest BCUT2D eigenvalue weighted by Crippen LogP contribution is 2.37. The molecule has 5 rings (SSSR count). The fourth-order valence-electron chi connectivity index (χ4n) is 5.85. The van der Waals surface area contributed by atoms with Crippen molar-refractivity contribution in [1.82, 2.24) is 29.4 Å². The van der Waals surface area contributed by atoms with Gasteiger partial charge in [-0.05, 0) is 50.0 Å². The third kappa shape index (κ3) is 5.77. The minimum atomic E-state index is -0.583. The molecule has 1 saturated heterocycles. The van der Waals surface area contributed by atoms with Crippen molar-refractivity contribution in [3.63, 3.8) is 0 Å². The van der Waals surface area contributed by atoms with Crippen molar-refractivity contribution in [2.24, 2.45) is 0 Å². The van der Waals surface area contributed by atoms with Crippen LogP contribution in [-0.4, -0.2) is 67.5 Å². The van der Waals surface area contributed by atoms with E-state index in [0.717, 1.165) is 0 Å². The number of rotatable bonds is 7. The van der Waals surface area contributed by atoms with Crippen LogP contribution in [0.2, 0.25) is 5.02 Å². The molecule has 12 heteroatoms. The summed E-state index contributed by atoms with van der Waals surface area (Å²) in [5.74, 6) is -0.0179. The number of pyridine rings is 1. The second kappa shape index (κ2) is 12.5. The number of hydrogen-bond acceptors (Lipinski definition) is 8. The van der Waals surface area contributed by atoms with Gasteiger partial charge >= 0.3 is 5.69 Å². The van der Waals surface area contributed by atoms with Crippen LogP contribution in [0.3, 0.4) is 0 Å². The van der Waals surface area contributed by atoms with Crippen molar-refractivity contribution in [1.29, 1.82) is 0 Å². The second-order valence-electron chi connectivity index (χ2n) is 12.0. The highest BCUT2D eigenvalue weighted by Gasteiger charge is 2.34. The summed E-state index contributed by atoms with van der Waals surface area (Å²) in [6.45, 7) is 16.3. The van der Waals surface area contributed by atoms with E-state index in [2.05, 4.69) is 16.9 Å². The quantitative estimate of drug-likeness (QED) is 0.250. The van der Waals surface area contributed by atoms with Gasteiger partial charge in [0, 0.05) is 37.8 Å². The molecule has 4 heterocycles. The predicted octanol–water partition coefficient (Wildman–Crippen LogP) is 5.93. The highest BCUT2D eigenvalue weighted by molar-refractivity contribution is 6.33. The lowest BCUT2D eigenvalue weighted by atomic mass is 10.0. The topological polar surface area (TPSA) is 109 Å². The van der Waals surface area contributed by atoms with Crippen LogP contribution in [0.15, 0.2) is 47.8 Å². The minimum Gasteiger partial charge on any atom is -0.357 e. The van der Waals surface area contributed by atoms with E-state index in [1.54, 1.807) is 36.2 Å². The average molecular weight is 633 g/mol. The first-order valence-corrected chi connectivity index (χ1v) is 15.4. The maximum absolute atomic E-state index is 15.1. The number of nitrogens with zero attached hydrogens (tertiary/aromatic N) is 7. The van der Waals surface area contributed by atoms with E-state index in [-0.39, 0.29) is 51.8 Å². The Balaban J connectivity index is 1.88. The van der Waals surface area contributed by atoms with E-state index < -0.39 is 11.5 Å². The smallest absolute Gasteiger partial charge is 0.355 e. The molecule has 236 valence electrons. The van der Waals surface area contributed by atoms with Gasteiger partial charge < -0.3 is 15.1 Å². The van der Waals surface area contributed by atoms with Crippen molar-refractivity contribution in [2.75, 3.05) is 30.4 Å². The first-order chi connectivity index (χ1) is 21.4. The van der Waals surface area contributed by atoms with Gasteiger partial charge in [0.25, 0.3) is 0 Å². The fourth-order valence-corrected chi connectivity index (χ4v) is 6.10. The summed E-state index contributed by atoms with van der Waals surface area (Å²) in [6.07, 6.45) is 1.31. The summed E-state index contributed by atoms with van der Waals surface area (Å²) >= 11 is 6.85. The number of anilines is 2. The molecule has 0 spiro atoms. The maximum Gasteiger partial charge on any atom is 0.355 e. The molecule has 0 unspecified atom stereocenters. The number of amides is 1. The molecule has 1 aliphatic heterocycles. The molecule has 0 bridgehead atoms. The average Bonchev–Trinajstić information content (AvgIpc) is 3.01. The summed E-state index contributed by atoms with van der Waals surface area (Å²) in [5.41, 5.74) is 1.83. The van der Waals surface area contributed by atoms with Crippen LogP contribution < -0.4 is 15.9 Å². The SMILES string of the molecule is C=CC(=O)N1C[C@H](C)N(c2nc(=O)n(-c3c(C(C)C)nc(NC)nc3C(C)C)c3nc(-c4ccccc4F)c(Cl)cc23)C[C@H]1C. The number of nitrogens with one attached hydrogen (secondary N) is 1. The Labute approximate surface area is 267 Å². The number of fused-ring (bicyclic) bond motifs is 1. The molecule has 1 aliphatic rings. The number of halogens is 2. The molecule has 4 aromatic rings. The number of carbonyl (C=O) groups excluding carboxylic acids is 1. The lowest BCUT2D eigenvalue weighted by Crippen LogP contribution is -2.58. The molecule has 0 saturated carbocycles. The Hall–Kier alpha value is -4.38. The molecular weight excluding hydrogens is 595 g/mol. The zero-order chi connectivity index (χ0) is 32.7. The zero-order valence-electron chi connectivity index (χ0n) is 26.6. The van der Waals surface area contributed by atoms with Gasteiger partial charge in [0.15, 0.2) is 5.65 Å². The number of benzene rings is 1. The molecule has 1 fully saturated rings. The van der Waals surface area contributed by atoms with Crippen molar-refractivity contribution < 1.29 is 9.18 Å². The van der Waals surface area contributed by atoms with E-state index >= 15 is 4.39 Å².